The fourth-order valence-electron chi connectivity index (χ4n) is 1.63. The Morgan fingerprint density at radius 3 is 3.06 bits per heavy atom. The number of aromatic nitrogens is 1. The molecule has 0 aliphatic carbocycles. The van der Waals surface area contributed by atoms with Gasteiger partial charge in [0.1, 0.15) is 0 Å². The predicted octanol–water partition coefficient (Wildman–Crippen LogP) is 1.36. The first-order valence-corrected chi connectivity index (χ1v) is 6.12. The average molecular weight is 242 g/mol. The number of aliphatic carboxylic acids is 1. The number of rotatable bonds is 4. The molecule has 0 aromatic carbocycles. The number of anilines is 1. The van der Waals surface area contributed by atoms with Crippen LogP contribution in [-0.4, -0.2) is 35.3 Å². The van der Waals surface area contributed by atoms with E-state index >= 15 is 0 Å². The maximum atomic E-state index is 10.5. The van der Waals surface area contributed by atoms with Gasteiger partial charge in [0.15, 0.2) is 5.13 Å². The molecule has 1 saturated heterocycles. The van der Waals surface area contributed by atoms with Gasteiger partial charge < -0.3 is 15.2 Å². The second kappa shape index (κ2) is 5.27. The lowest BCUT2D eigenvalue weighted by molar-refractivity contribution is -0.136. The van der Waals surface area contributed by atoms with Crippen molar-refractivity contribution in [3.05, 3.63) is 11.1 Å². The van der Waals surface area contributed by atoms with E-state index in [1.807, 2.05) is 0 Å². The lowest BCUT2D eigenvalue weighted by Gasteiger charge is -2.22. The van der Waals surface area contributed by atoms with E-state index in [-0.39, 0.29) is 6.42 Å². The maximum Gasteiger partial charge on any atom is 0.309 e. The van der Waals surface area contributed by atoms with Crippen LogP contribution in [0, 0.1) is 0 Å². The van der Waals surface area contributed by atoms with Gasteiger partial charge >= 0.3 is 5.97 Å². The van der Waals surface area contributed by atoms with Crippen molar-refractivity contribution < 1.29 is 14.6 Å². The first-order chi connectivity index (χ1) is 7.74. The van der Waals surface area contributed by atoms with E-state index in [2.05, 4.69) is 10.3 Å². The van der Waals surface area contributed by atoms with Gasteiger partial charge in [-0.3, -0.25) is 4.79 Å². The Morgan fingerprint density at radius 1 is 1.62 bits per heavy atom. The number of nitrogens with one attached hydrogen (secondary N) is 1. The summed E-state index contributed by atoms with van der Waals surface area (Å²) in [4.78, 5) is 14.7. The highest BCUT2D eigenvalue weighted by atomic mass is 32.1. The Hall–Kier alpha value is -1.14. The first-order valence-electron chi connectivity index (χ1n) is 5.24. The lowest BCUT2D eigenvalue weighted by atomic mass is 10.1. The van der Waals surface area contributed by atoms with Crippen molar-refractivity contribution in [1.29, 1.82) is 0 Å². The Morgan fingerprint density at radius 2 is 2.38 bits per heavy atom. The number of hydrogen-bond donors (Lipinski definition) is 2. The van der Waals surface area contributed by atoms with Crippen LogP contribution in [0.1, 0.15) is 18.5 Å². The maximum absolute atomic E-state index is 10.5. The second-order valence-electron chi connectivity index (χ2n) is 3.75. The average Bonchev–Trinajstić information content (AvgIpc) is 2.66. The Bertz CT molecular complexity index is 361. The molecule has 88 valence electrons. The zero-order valence-corrected chi connectivity index (χ0v) is 9.63. The Balaban J connectivity index is 1.88. The SMILES string of the molecule is O=C(O)Cc1csc(NC2CCOCC2)n1. The molecular formula is C10H14N2O3S. The van der Waals surface area contributed by atoms with Gasteiger partial charge in [-0.25, -0.2) is 4.98 Å². The molecule has 1 aromatic heterocycles. The second-order valence-corrected chi connectivity index (χ2v) is 4.60. The molecule has 16 heavy (non-hydrogen) atoms. The van der Waals surface area contributed by atoms with E-state index < -0.39 is 5.97 Å². The van der Waals surface area contributed by atoms with Crippen molar-refractivity contribution in [2.75, 3.05) is 18.5 Å². The molecule has 2 heterocycles. The molecule has 5 nitrogen and oxygen atoms in total. The molecule has 6 heteroatoms. The molecule has 1 aliphatic rings. The summed E-state index contributed by atoms with van der Waals surface area (Å²) >= 11 is 1.46. The fourth-order valence-corrected chi connectivity index (χ4v) is 2.41. The molecule has 0 atom stereocenters. The van der Waals surface area contributed by atoms with Crippen LogP contribution in [-0.2, 0) is 16.0 Å². The van der Waals surface area contributed by atoms with E-state index in [1.54, 1.807) is 5.38 Å². The Kier molecular flexibility index (Phi) is 3.74. The highest BCUT2D eigenvalue weighted by Gasteiger charge is 2.15. The van der Waals surface area contributed by atoms with Gasteiger partial charge in [0.05, 0.1) is 12.1 Å². The number of thiazole rings is 1. The number of hydrogen-bond acceptors (Lipinski definition) is 5. The van der Waals surface area contributed by atoms with Crippen LogP contribution in [0.15, 0.2) is 5.38 Å². The van der Waals surface area contributed by atoms with Crippen LogP contribution in [0.25, 0.3) is 0 Å². The highest BCUT2D eigenvalue weighted by molar-refractivity contribution is 7.13. The molecule has 2 N–H and O–H groups in total. The van der Waals surface area contributed by atoms with Gasteiger partial charge in [0.2, 0.25) is 0 Å². The van der Waals surface area contributed by atoms with E-state index in [1.165, 1.54) is 11.3 Å². The molecule has 1 fully saturated rings. The molecule has 1 aliphatic heterocycles. The minimum absolute atomic E-state index is 0.00798. The van der Waals surface area contributed by atoms with Crippen molar-refractivity contribution in [2.24, 2.45) is 0 Å². The summed E-state index contributed by atoms with van der Waals surface area (Å²) in [5.41, 5.74) is 0.618. The van der Waals surface area contributed by atoms with Gasteiger partial charge in [-0.2, -0.15) is 0 Å². The number of carboxylic acids is 1. The van der Waals surface area contributed by atoms with Crippen LogP contribution >= 0.6 is 11.3 Å². The van der Waals surface area contributed by atoms with Crippen LogP contribution in [0.2, 0.25) is 0 Å². The van der Waals surface area contributed by atoms with Crippen LogP contribution in [0.4, 0.5) is 5.13 Å². The van der Waals surface area contributed by atoms with Gasteiger partial charge in [-0.1, -0.05) is 0 Å². The minimum atomic E-state index is -0.845. The summed E-state index contributed by atoms with van der Waals surface area (Å²) in [6, 6.07) is 0.401. The molecule has 0 amide bonds. The summed E-state index contributed by atoms with van der Waals surface area (Å²) < 4.78 is 5.26. The molecule has 0 bridgehead atoms. The minimum Gasteiger partial charge on any atom is -0.481 e. The molecule has 1 aromatic rings. The molecule has 2 rings (SSSR count). The number of carboxylic acid groups (broad SMARTS) is 1. The van der Waals surface area contributed by atoms with Gasteiger partial charge in [-0.05, 0) is 12.8 Å². The van der Waals surface area contributed by atoms with Crippen LogP contribution in [0.5, 0.6) is 0 Å². The van der Waals surface area contributed by atoms with E-state index in [4.69, 9.17) is 9.84 Å². The van der Waals surface area contributed by atoms with Crippen molar-refractivity contribution >= 4 is 22.4 Å². The highest BCUT2D eigenvalue weighted by Crippen LogP contribution is 2.19. The van der Waals surface area contributed by atoms with Crippen LogP contribution in [0.3, 0.4) is 0 Å². The van der Waals surface area contributed by atoms with Crippen molar-refractivity contribution in [3.63, 3.8) is 0 Å². The zero-order chi connectivity index (χ0) is 11.4. The van der Waals surface area contributed by atoms with Crippen LogP contribution < -0.4 is 5.32 Å². The first kappa shape index (κ1) is 11.3. The third kappa shape index (κ3) is 3.18. The fraction of sp³-hybridized carbons (Fsp3) is 0.600. The lowest BCUT2D eigenvalue weighted by Crippen LogP contribution is -2.27. The largest absolute Gasteiger partial charge is 0.481 e. The summed E-state index contributed by atoms with van der Waals surface area (Å²) in [6.45, 7) is 1.57. The number of nitrogens with zero attached hydrogens (tertiary/aromatic N) is 1. The molecular weight excluding hydrogens is 228 g/mol. The third-order valence-corrected chi connectivity index (χ3v) is 3.26. The van der Waals surface area contributed by atoms with Crippen molar-refractivity contribution in [2.45, 2.75) is 25.3 Å². The smallest absolute Gasteiger partial charge is 0.309 e. The third-order valence-electron chi connectivity index (χ3n) is 2.43. The summed E-state index contributed by atoms with van der Waals surface area (Å²) in [5, 5.41) is 14.5. The predicted molar refractivity (Wildman–Crippen MR) is 60.9 cm³/mol. The van der Waals surface area contributed by atoms with Gasteiger partial charge in [-0.15, -0.1) is 11.3 Å². The quantitative estimate of drug-likeness (QED) is 0.834. The van der Waals surface area contributed by atoms with Crippen molar-refractivity contribution in [1.82, 2.24) is 4.98 Å². The molecule has 0 spiro atoms. The van der Waals surface area contributed by atoms with Gasteiger partial charge in [0.25, 0.3) is 0 Å². The molecule has 0 saturated carbocycles. The number of ether oxygens (including phenoxy) is 1. The van der Waals surface area contributed by atoms with E-state index in [0.29, 0.717) is 11.7 Å². The molecule has 0 unspecified atom stereocenters. The summed E-state index contributed by atoms with van der Waals surface area (Å²) in [5.74, 6) is -0.845. The van der Waals surface area contributed by atoms with E-state index in [0.717, 1.165) is 31.2 Å². The standard InChI is InChI=1S/C10H14N2O3S/c13-9(14)5-8-6-16-10(12-8)11-7-1-3-15-4-2-7/h6-7H,1-5H2,(H,11,12)(H,13,14). The van der Waals surface area contributed by atoms with Gasteiger partial charge in [0, 0.05) is 24.6 Å². The normalized spacial score (nSPS) is 17.2. The number of carbonyl (C=O) groups is 1. The summed E-state index contributed by atoms with van der Waals surface area (Å²) in [7, 11) is 0. The Labute approximate surface area is 97.5 Å². The summed E-state index contributed by atoms with van der Waals surface area (Å²) in [6.07, 6.45) is 1.95. The molecule has 0 radical (unpaired) electrons. The van der Waals surface area contributed by atoms with Crippen molar-refractivity contribution in [3.8, 4) is 0 Å². The zero-order valence-electron chi connectivity index (χ0n) is 8.81. The van der Waals surface area contributed by atoms with E-state index in [9.17, 15) is 4.79 Å². The monoisotopic (exact) mass is 242 g/mol. The topological polar surface area (TPSA) is 71.5 Å².